The fourth-order valence-corrected chi connectivity index (χ4v) is 1.20. The van der Waals surface area contributed by atoms with Crippen molar-refractivity contribution in [2.45, 2.75) is 12.5 Å². The predicted molar refractivity (Wildman–Crippen MR) is 46.0 cm³/mol. The molecule has 0 bridgehead atoms. The van der Waals surface area contributed by atoms with Crippen LogP contribution >= 0.6 is 0 Å². The van der Waals surface area contributed by atoms with Gasteiger partial charge < -0.3 is 15.6 Å². The average Bonchev–Trinajstić information content (AvgIpc) is 2.81. The van der Waals surface area contributed by atoms with Gasteiger partial charge in [-0.25, -0.2) is 0 Å². The summed E-state index contributed by atoms with van der Waals surface area (Å²) in [7, 11) is 0. The Balaban J connectivity index is 2.21. The van der Waals surface area contributed by atoms with Crippen LogP contribution < -0.4 is 5.73 Å². The fourth-order valence-electron chi connectivity index (χ4n) is 1.20. The number of hydrogen-bond acceptors (Lipinski definition) is 3. The minimum atomic E-state index is 0.290. The van der Waals surface area contributed by atoms with Crippen molar-refractivity contribution >= 4 is 5.69 Å². The number of nitrogen functional groups attached to an aromatic ring is 1. The molecular formula is C9H11NO2. The van der Waals surface area contributed by atoms with Crippen LogP contribution in [0.15, 0.2) is 18.2 Å². The summed E-state index contributed by atoms with van der Waals surface area (Å²) in [6.07, 6.45) is 1.05. The summed E-state index contributed by atoms with van der Waals surface area (Å²) < 4.78 is 5.06. The maximum Gasteiger partial charge on any atom is 0.119 e. The molecule has 3 N–H and O–H groups in total. The number of phenolic OH excluding ortho intramolecular Hbond substituents is 1. The molecule has 12 heavy (non-hydrogen) atoms. The zero-order valence-electron chi connectivity index (χ0n) is 6.66. The van der Waals surface area contributed by atoms with Crippen LogP contribution in [0.25, 0.3) is 0 Å². The number of hydrogen-bond donors (Lipinski definition) is 2. The van der Waals surface area contributed by atoms with E-state index in [-0.39, 0.29) is 6.10 Å². The summed E-state index contributed by atoms with van der Waals surface area (Å²) in [5, 5.41) is 9.40. The van der Waals surface area contributed by atoms with E-state index in [1.807, 2.05) is 0 Å². The number of epoxide rings is 1. The number of aromatic hydroxyl groups is 1. The highest BCUT2D eigenvalue weighted by Gasteiger charge is 2.23. The van der Waals surface area contributed by atoms with Crippen molar-refractivity contribution in [3.63, 3.8) is 0 Å². The molecule has 1 aliphatic rings. The molecule has 1 saturated heterocycles. The smallest absolute Gasteiger partial charge is 0.119 e. The van der Waals surface area contributed by atoms with E-state index in [9.17, 15) is 5.11 Å². The number of phenols is 1. The molecule has 1 atom stereocenters. The standard InChI is InChI=1S/C9H11NO2/c10-7-1-2-9(11)6(3-7)4-8-5-12-8/h1-3,8,11H,4-5,10H2. The predicted octanol–water partition coefficient (Wildman–Crippen LogP) is 0.916. The molecule has 1 aromatic carbocycles. The van der Waals surface area contributed by atoms with Crippen molar-refractivity contribution in [1.29, 1.82) is 0 Å². The van der Waals surface area contributed by atoms with Crippen molar-refractivity contribution in [2.24, 2.45) is 0 Å². The third kappa shape index (κ3) is 1.51. The Morgan fingerprint density at radius 3 is 3.00 bits per heavy atom. The van der Waals surface area contributed by atoms with Crippen molar-refractivity contribution < 1.29 is 9.84 Å². The molecule has 0 spiro atoms. The quantitative estimate of drug-likeness (QED) is 0.389. The molecule has 0 aliphatic carbocycles. The number of ether oxygens (including phenoxy) is 1. The van der Waals surface area contributed by atoms with E-state index < -0.39 is 0 Å². The summed E-state index contributed by atoms with van der Waals surface area (Å²) in [5.41, 5.74) is 7.13. The number of rotatable bonds is 2. The Hall–Kier alpha value is -1.22. The number of nitrogens with two attached hydrogens (primary N) is 1. The molecule has 1 fully saturated rings. The Kier molecular flexibility index (Phi) is 1.66. The van der Waals surface area contributed by atoms with Gasteiger partial charge in [0.15, 0.2) is 0 Å². The monoisotopic (exact) mass is 165 g/mol. The first kappa shape index (κ1) is 7.43. The third-order valence-corrected chi connectivity index (χ3v) is 1.95. The molecule has 0 saturated carbocycles. The van der Waals surface area contributed by atoms with Crippen LogP contribution in [-0.4, -0.2) is 17.8 Å². The van der Waals surface area contributed by atoms with Crippen molar-refractivity contribution in [3.05, 3.63) is 23.8 Å². The lowest BCUT2D eigenvalue weighted by atomic mass is 10.1. The molecule has 1 aliphatic heterocycles. The van der Waals surface area contributed by atoms with Gasteiger partial charge in [-0.2, -0.15) is 0 Å². The van der Waals surface area contributed by atoms with Crippen LogP contribution in [0, 0.1) is 0 Å². The second-order valence-electron chi connectivity index (χ2n) is 3.05. The van der Waals surface area contributed by atoms with Crippen LogP contribution in [-0.2, 0) is 11.2 Å². The van der Waals surface area contributed by atoms with Crippen LogP contribution in [0.1, 0.15) is 5.56 Å². The first-order valence-corrected chi connectivity index (χ1v) is 3.94. The van der Waals surface area contributed by atoms with E-state index in [4.69, 9.17) is 10.5 Å². The Morgan fingerprint density at radius 2 is 2.33 bits per heavy atom. The summed E-state index contributed by atoms with van der Waals surface area (Å²) in [5.74, 6) is 0.305. The highest BCUT2D eigenvalue weighted by atomic mass is 16.6. The van der Waals surface area contributed by atoms with Crippen molar-refractivity contribution in [1.82, 2.24) is 0 Å². The van der Waals surface area contributed by atoms with Crippen LogP contribution in [0.5, 0.6) is 5.75 Å². The van der Waals surface area contributed by atoms with Gasteiger partial charge in [-0.1, -0.05) is 0 Å². The average molecular weight is 165 g/mol. The minimum Gasteiger partial charge on any atom is -0.508 e. The zero-order chi connectivity index (χ0) is 8.55. The summed E-state index contributed by atoms with van der Waals surface area (Å²) in [4.78, 5) is 0. The fraction of sp³-hybridized carbons (Fsp3) is 0.333. The van der Waals surface area contributed by atoms with Crippen molar-refractivity contribution in [3.8, 4) is 5.75 Å². The molecule has 3 heteroatoms. The van der Waals surface area contributed by atoms with Gasteiger partial charge in [0.25, 0.3) is 0 Å². The Labute approximate surface area is 70.8 Å². The van der Waals surface area contributed by atoms with Gasteiger partial charge in [0, 0.05) is 12.1 Å². The molecule has 3 nitrogen and oxygen atoms in total. The summed E-state index contributed by atoms with van der Waals surface area (Å²) in [6, 6.07) is 5.09. The molecule has 1 unspecified atom stereocenters. The Morgan fingerprint density at radius 1 is 1.58 bits per heavy atom. The van der Waals surface area contributed by atoms with E-state index in [1.165, 1.54) is 0 Å². The van der Waals surface area contributed by atoms with Crippen LogP contribution in [0.2, 0.25) is 0 Å². The molecular weight excluding hydrogens is 154 g/mol. The topological polar surface area (TPSA) is 58.8 Å². The molecule has 1 heterocycles. The molecule has 0 amide bonds. The van der Waals surface area contributed by atoms with Gasteiger partial charge in [-0.15, -0.1) is 0 Å². The van der Waals surface area contributed by atoms with Gasteiger partial charge in [0.1, 0.15) is 5.75 Å². The molecule has 0 radical (unpaired) electrons. The van der Waals surface area contributed by atoms with Crippen molar-refractivity contribution in [2.75, 3.05) is 12.3 Å². The largest absolute Gasteiger partial charge is 0.508 e. The normalized spacial score (nSPS) is 20.8. The maximum absolute atomic E-state index is 9.40. The van der Waals surface area contributed by atoms with Crippen LogP contribution in [0.4, 0.5) is 5.69 Å². The zero-order valence-corrected chi connectivity index (χ0v) is 6.66. The highest BCUT2D eigenvalue weighted by molar-refractivity contribution is 5.47. The Bertz CT molecular complexity index is 295. The van der Waals surface area contributed by atoms with E-state index in [0.717, 1.165) is 18.6 Å². The summed E-state index contributed by atoms with van der Waals surface area (Å²) in [6.45, 7) is 0.800. The third-order valence-electron chi connectivity index (χ3n) is 1.95. The first-order chi connectivity index (χ1) is 5.75. The number of benzene rings is 1. The second kappa shape index (κ2) is 2.68. The SMILES string of the molecule is Nc1ccc(O)c(CC2CO2)c1. The van der Waals surface area contributed by atoms with E-state index in [1.54, 1.807) is 18.2 Å². The van der Waals surface area contributed by atoms with E-state index in [2.05, 4.69) is 0 Å². The molecule has 64 valence electrons. The van der Waals surface area contributed by atoms with Crippen LogP contribution in [0.3, 0.4) is 0 Å². The lowest BCUT2D eigenvalue weighted by molar-refractivity contribution is 0.402. The molecule has 1 aromatic rings. The lowest BCUT2D eigenvalue weighted by Gasteiger charge is -2.02. The first-order valence-electron chi connectivity index (χ1n) is 3.94. The van der Waals surface area contributed by atoms with Gasteiger partial charge in [-0.05, 0) is 23.8 Å². The van der Waals surface area contributed by atoms with Gasteiger partial charge in [0.05, 0.1) is 12.7 Å². The number of anilines is 1. The van der Waals surface area contributed by atoms with E-state index in [0.29, 0.717) is 11.4 Å². The lowest BCUT2D eigenvalue weighted by Crippen LogP contribution is -1.95. The maximum atomic E-state index is 9.40. The molecule has 0 aromatic heterocycles. The van der Waals surface area contributed by atoms with Gasteiger partial charge >= 0.3 is 0 Å². The minimum absolute atomic E-state index is 0.290. The molecule has 2 rings (SSSR count). The van der Waals surface area contributed by atoms with E-state index >= 15 is 0 Å². The second-order valence-corrected chi connectivity index (χ2v) is 3.05. The highest BCUT2D eigenvalue weighted by Crippen LogP contribution is 2.25. The van der Waals surface area contributed by atoms with Gasteiger partial charge in [0.2, 0.25) is 0 Å². The van der Waals surface area contributed by atoms with Gasteiger partial charge in [-0.3, -0.25) is 0 Å². The summed E-state index contributed by atoms with van der Waals surface area (Å²) >= 11 is 0.